The molecule has 0 amide bonds. The van der Waals surface area contributed by atoms with Crippen molar-refractivity contribution in [3.05, 3.63) is 0 Å². The number of ether oxygens (including phenoxy) is 7. The summed E-state index contributed by atoms with van der Waals surface area (Å²) in [5, 5.41) is 45.6. The van der Waals surface area contributed by atoms with Gasteiger partial charge < -0.3 is 58.5 Å². The van der Waals surface area contributed by atoms with E-state index >= 15 is 0 Å². The first-order valence-corrected chi connectivity index (χ1v) is 18.9. The SMILES string of the molecule is CC[C@H]1OC(=O)[C@H](C)C(OC2CC(C)(OC)C(O)[C@H](C)O2)[C@H](C)C(OC2O[C@H](C)CC(N(C)C)C2O)C(C)(OC)CC(C)C(=O)C(C)C(O)C1(C)O.[Ac]. The van der Waals surface area contributed by atoms with E-state index in [2.05, 4.69) is 0 Å². The summed E-state index contributed by atoms with van der Waals surface area (Å²) in [5.74, 6) is -4.47. The number of carbonyl (C=O) groups is 2. The zero-order valence-electron chi connectivity index (χ0n) is 34.5. The second kappa shape index (κ2) is 19.7. The molecule has 3 aliphatic heterocycles. The summed E-state index contributed by atoms with van der Waals surface area (Å²) in [4.78, 5) is 30.1. The fourth-order valence-electron chi connectivity index (χ4n) is 8.58. The first-order valence-electron chi connectivity index (χ1n) is 18.9. The minimum absolute atomic E-state index is 0. The summed E-state index contributed by atoms with van der Waals surface area (Å²) in [5.41, 5.74) is -4.24. The molecule has 0 spiro atoms. The Morgan fingerprint density at radius 1 is 0.849 bits per heavy atom. The van der Waals surface area contributed by atoms with Crippen molar-refractivity contribution in [3.63, 3.8) is 0 Å². The molecule has 0 aromatic heterocycles. The van der Waals surface area contributed by atoms with E-state index in [1.54, 1.807) is 48.5 Å². The monoisotopic (exact) mass is 975 g/mol. The number of hydrogen-bond acceptors (Lipinski definition) is 14. The number of esters is 1. The quantitative estimate of drug-likeness (QED) is 0.261. The van der Waals surface area contributed by atoms with Crippen LogP contribution in [0.4, 0.5) is 0 Å². The predicted octanol–water partition coefficient (Wildman–Crippen LogP) is 2.44. The van der Waals surface area contributed by atoms with Crippen LogP contribution in [0.25, 0.3) is 0 Å². The number of carbonyl (C=O) groups excluding carboxylic acids is 2. The molecule has 1 radical (unpaired) electrons. The van der Waals surface area contributed by atoms with Crippen LogP contribution in [-0.2, 0) is 42.7 Å². The summed E-state index contributed by atoms with van der Waals surface area (Å²) in [7, 11) is 6.77. The number of likely N-dealkylation sites (N-methyl/N-ethyl adjacent to an activating group) is 1. The van der Waals surface area contributed by atoms with Crippen LogP contribution in [0.5, 0.6) is 0 Å². The number of hydrogen-bond donors (Lipinski definition) is 4. The van der Waals surface area contributed by atoms with Gasteiger partial charge >= 0.3 is 5.97 Å². The zero-order chi connectivity index (χ0) is 39.7. The van der Waals surface area contributed by atoms with Crippen LogP contribution in [0.3, 0.4) is 0 Å². The summed E-state index contributed by atoms with van der Waals surface area (Å²) < 4.78 is 43.9. The molecule has 0 bridgehead atoms. The van der Waals surface area contributed by atoms with E-state index in [0.717, 1.165) is 0 Å². The Kier molecular flexibility index (Phi) is 18.3. The molecule has 0 saturated carbocycles. The third-order valence-corrected chi connectivity index (χ3v) is 12.3. The third kappa shape index (κ3) is 10.8. The third-order valence-electron chi connectivity index (χ3n) is 12.3. The number of nitrogens with zero attached hydrogens (tertiary/aromatic N) is 1. The normalized spacial score (nSPS) is 48.1. The molecule has 307 valence electrons. The van der Waals surface area contributed by atoms with Gasteiger partial charge in [-0.3, -0.25) is 9.59 Å². The van der Waals surface area contributed by atoms with Crippen molar-refractivity contribution in [2.45, 2.75) is 179 Å². The maximum Gasteiger partial charge on any atom is 0.311 e. The maximum atomic E-state index is 14.2. The summed E-state index contributed by atoms with van der Waals surface area (Å²) in [6.45, 7) is 17.1. The fraction of sp³-hybridized carbons (Fsp3) is 0.947. The number of rotatable bonds is 8. The Balaban J connectivity index is 0.00000972. The fourth-order valence-corrected chi connectivity index (χ4v) is 8.58. The molecule has 3 heterocycles. The van der Waals surface area contributed by atoms with Gasteiger partial charge in [0, 0.05) is 88.5 Å². The molecule has 4 N–H and O–H groups in total. The first kappa shape index (κ1) is 49.3. The van der Waals surface area contributed by atoms with Gasteiger partial charge in [0.15, 0.2) is 12.6 Å². The Morgan fingerprint density at radius 2 is 1.43 bits per heavy atom. The largest absolute Gasteiger partial charge is 0.459 e. The second-order valence-electron chi connectivity index (χ2n) is 16.6. The maximum absolute atomic E-state index is 14.2. The van der Waals surface area contributed by atoms with Crippen LogP contribution in [0.2, 0.25) is 0 Å². The molecule has 13 unspecified atom stereocenters. The topological polar surface area (TPSA) is 183 Å². The van der Waals surface area contributed by atoms with Gasteiger partial charge in [-0.05, 0) is 74.9 Å². The average molecular weight is 975 g/mol. The van der Waals surface area contributed by atoms with Gasteiger partial charge in [0.05, 0.1) is 47.6 Å². The van der Waals surface area contributed by atoms with Gasteiger partial charge in [0.2, 0.25) is 0 Å². The Morgan fingerprint density at radius 3 is 1.96 bits per heavy atom. The molecular weight excluding hydrogens is 905 g/mol. The van der Waals surface area contributed by atoms with Crippen molar-refractivity contribution in [2.75, 3.05) is 28.3 Å². The van der Waals surface area contributed by atoms with Gasteiger partial charge in [0.1, 0.15) is 29.7 Å². The summed E-state index contributed by atoms with van der Waals surface area (Å²) in [6, 6.07) is -0.283. The summed E-state index contributed by atoms with van der Waals surface area (Å²) in [6.07, 6.45) is -8.73. The van der Waals surface area contributed by atoms with Crippen molar-refractivity contribution in [2.24, 2.45) is 23.7 Å². The van der Waals surface area contributed by atoms with Gasteiger partial charge in [-0.15, -0.1) is 0 Å². The van der Waals surface area contributed by atoms with Crippen molar-refractivity contribution < 1.29 is 107 Å². The molecule has 53 heavy (non-hydrogen) atoms. The number of aliphatic hydroxyl groups is 4. The van der Waals surface area contributed by atoms with Crippen molar-refractivity contribution in [1.82, 2.24) is 4.90 Å². The Bertz CT molecular complexity index is 1190. The van der Waals surface area contributed by atoms with E-state index in [1.807, 2.05) is 32.8 Å². The summed E-state index contributed by atoms with van der Waals surface area (Å²) >= 11 is 0. The number of cyclic esters (lactones) is 1. The standard InChI is InChI=1S/C38H69NO13.Ac/c1-15-26-38(10,45)31(42)21(4)28(40)19(2)17-37(9,47-14)33(52-35-29(41)25(39(11)12)16-20(3)48-35)22(5)30(23(6)34(44)50-26)51-27-18-36(8,46-13)32(43)24(7)49-27;/h19-27,29-33,35,41-43,45H,15-18H2,1-14H3;/t19?,20-,21?,22+,23-,24+,25?,26-,27?,29?,30?,31?,32?,33?,35?,36?,37?,38?;/m1./s1. The van der Waals surface area contributed by atoms with Crippen molar-refractivity contribution >= 4 is 11.8 Å². The number of methoxy groups -OCH3 is 2. The van der Waals surface area contributed by atoms with Crippen LogP contribution < -0.4 is 0 Å². The van der Waals surface area contributed by atoms with E-state index < -0.39 is 102 Å². The molecule has 15 heteroatoms. The van der Waals surface area contributed by atoms with Crippen LogP contribution in [0.1, 0.15) is 94.9 Å². The van der Waals surface area contributed by atoms with Gasteiger partial charge in [-0.1, -0.05) is 27.7 Å². The van der Waals surface area contributed by atoms with Crippen molar-refractivity contribution in [1.29, 1.82) is 0 Å². The molecule has 14 nitrogen and oxygen atoms in total. The van der Waals surface area contributed by atoms with E-state index in [9.17, 15) is 30.0 Å². The average Bonchev–Trinajstić information content (AvgIpc) is 3.09. The molecule has 0 aromatic rings. The van der Waals surface area contributed by atoms with E-state index in [0.29, 0.717) is 6.42 Å². The second-order valence-corrected chi connectivity index (χ2v) is 16.6. The van der Waals surface area contributed by atoms with Crippen LogP contribution in [0, 0.1) is 67.7 Å². The molecule has 0 aromatic carbocycles. The van der Waals surface area contributed by atoms with Gasteiger partial charge in [-0.25, -0.2) is 0 Å². The Hall–Kier alpha value is 0.142. The predicted molar refractivity (Wildman–Crippen MR) is 191 cm³/mol. The van der Waals surface area contributed by atoms with Gasteiger partial charge in [0.25, 0.3) is 0 Å². The molecule has 18 atom stereocenters. The van der Waals surface area contributed by atoms with E-state index in [4.69, 9.17) is 33.2 Å². The molecule has 3 aliphatic rings. The van der Waals surface area contributed by atoms with E-state index in [1.165, 1.54) is 21.1 Å². The first-order chi connectivity index (χ1) is 24.0. The molecule has 3 fully saturated rings. The molecular formula is C38H69AcNO13. The van der Waals surface area contributed by atoms with Crippen molar-refractivity contribution in [3.8, 4) is 0 Å². The smallest absolute Gasteiger partial charge is 0.311 e. The van der Waals surface area contributed by atoms with Crippen LogP contribution in [-0.4, -0.2) is 150 Å². The zero-order valence-corrected chi connectivity index (χ0v) is 39.2. The molecule has 3 saturated heterocycles. The number of ketones is 1. The minimum atomic E-state index is -1.96. The van der Waals surface area contributed by atoms with Crippen LogP contribution >= 0.6 is 0 Å². The minimum Gasteiger partial charge on any atom is -0.459 e. The van der Waals surface area contributed by atoms with Crippen LogP contribution in [0.15, 0.2) is 0 Å². The Labute approximate surface area is 352 Å². The molecule has 3 rings (SSSR count). The van der Waals surface area contributed by atoms with E-state index in [-0.39, 0.29) is 81.3 Å². The molecule has 0 aliphatic carbocycles. The number of aliphatic hydroxyl groups excluding tert-OH is 3. The van der Waals surface area contributed by atoms with Gasteiger partial charge in [-0.2, -0.15) is 0 Å². The number of Topliss-reactive ketones (excluding diaryl/α,β-unsaturated/α-hetero) is 1.